The fraction of sp³-hybridized carbons (Fsp3) is 0.786. The van der Waals surface area contributed by atoms with Crippen LogP contribution in [0.15, 0.2) is 12.2 Å². The zero-order chi connectivity index (χ0) is 15.9. The summed E-state index contributed by atoms with van der Waals surface area (Å²) in [5, 5.41) is 0. The molecule has 0 rings (SSSR count). The van der Waals surface area contributed by atoms with Crippen molar-refractivity contribution in [1.82, 2.24) is 0 Å². The monoisotopic (exact) mass is 304 g/mol. The van der Waals surface area contributed by atoms with E-state index in [9.17, 15) is 4.79 Å². The molecule has 0 fully saturated rings. The first-order valence-electron chi connectivity index (χ1n) is 6.83. The van der Waals surface area contributed by atoms with Crippen LogP contribution >= 0.6 is 0 Å². The lowest BCUT2D eigenvalue weighted by molar-refractivity contribution is -0.157. The number of hydrogen-bond acceptors (Lipinski definition) is 5. The summed E-state index contributed by atoms with van der Waals surface area (Å²) in [5.74, 6) is -0.417. The molecule has 0 aliphatic rings. The van der Waals surface area contributed by atoms with Crippen molar-refractivity contribution in [2.24, 2.45) is 0 Å². The van der Waals surface area contributed by atoms with Gasteiger partial charge in [-0.3, -0.25) is 0 Å². The van der Waals surface area contributed by atoms with E-state index in [-0.39, 0.29) is 11.3 Å². The smallest absolute Gasteiger partial charge is 0.365 e. The average molecular weight is 304 g/mol. The maximum atomic E-state index is 11.6. The van der Waals surface area contributed by atoms with E-state index in [1.807, 2.05) is 34.6 Å². The number of ether oxygens (including phenoxy) is 2. The van der Waals surface area contributed by atoms with Gasteiger partial charge in [0.15, 0.2) is 0 Å². The predicted molar refractivity (Wildman–Crippen MR) is 80.5 cm³/mol. The van der Waals surface area contributed by atoms with Gasteiger partial charge in [0.1, 0.15) is 12.0 Å². The van der Waals surface area contributed by atoms with Crippen LogP contribution in [0, 0.1) is 0 Å². The Labute approximate surface area is 124 Å². The summed E-state index contributed by atoms with van der Waals surface area (Å²) >= 11 is 0. The standard InChI is InChI=1S/C14H28O5Si/c1-9-12(17-13(15)10(2)3)20(16-8)19-11(4)18-14(5,6)7/h11-12,20H,2,9H2,1,3-8H3. The molecule has 3 unspecified atom stereocenters. The summed E-state index contributed by atoms with van der Waals surface area (Å²) in [6.07, 6.45) is 0.218. The molecule has 0 aromatic heterocycles. The SMILES string of the molecule is C=C(C)C(=O)OC(CC)[SiH](OC)OC(C)OC(C)(C)C. The van der Waals surface area contributed by atoms with E-state index in [4.69, 9.17) is 18.3 Å². The maximum Gasteiger partial charge on any atom is 0.365 e. The van der Waals surface area contributed by atoms with Crippen LogP contribution in [0.25, 0.3) is 0 Å². The topological polar surface area (TPSA) is 54.0 Å². The van der Waals surface area contributed by atoms with Gasteiger partial charge < -0.3 is 18.3 Å². The molecule has 0 bridgehead atoms. The van der Waals surface area contributed by atoms with E-state index in [0.717, 1.165) is 0 Å². The van der Waals surface area contributed by atoms with E-state index in [2.05, 4.69) is 6.58 Å². The van der Waals surface area contributed by atoms with Crippen molar-refractivity contribution in [3.8, 4) is 0 Å². The van der Waals surface area contributed by atoms with Gasteiger partial charge in [-0.05, 0) is 41.0 Å². The quantitative estimate of drug-likeness (QED) is 0.298. The van der Waals surface area contributed by atoms with Crippen LogP contribution < -0.4 is 0 Å². The number of hydrogen-bond donors (Lipinski definition) is 0. The summed E-state index contributed by atoms with van der Waals surface area (Å²) in [4.78, 5) is 11.6. The molecule has 0 heterocycles. The molecule has 118 valence electrons. The summed E-state index contributed by atoms with van der Waals surface area (Å²) in [6.45, 7) is 14.8. The minimum Gasteiger partial charge on any atom is -0.457 e. The molecule has 0 aromatic carbocycles. The van der Waals surface area contributed by atoms with Crippen LogP contribution in [0.4, 0.5) is 0 Å². The van der Waals surface area contributed by atoms with Crippen molar-refractivity contribution in [1.29, 1.82) is 0 Å². The lowest BCUT2D eigenvalue weighted by atomic mass is 10.2. The second-order valence-corrected chi connectivity index (χ2v) is 7.89. The van der Waals surface area contributed by atoms with Crippen molar-refractivity contribution in [2.45, 2.75) is 65.6 Å². The molecule has 0 aromatic rings. The van der Waals surface area contributed by atoms with Gasteiger partial charge in [-0.1, -0.05) is 13.5 Å². The molecular weight excluding hydrogens is 276 g/mol. The molecule has 20 heavy (non-hydrogen) atoms. The van der Waals surface area contributed by atoms with Crippen LogP contribution in [-0.2, 0) is 23.1 Å². The molecular formula is C14H28O5Si. The van der Waals surface area contributed by atoms with Crippen molar-refractivity contribution < 1.29 is 23.1 Å². The van der Waals surface area contributed by atoms with E-state index < -0.39 is 21.5 Å². The Balaban J connectivity index is 4.61. The van der Waals surface area contributed by atoms with Gasteiger partial charge in [-0.25, -0.2) is 4.79 Å². The highest BCUT2D eigenvalue weighted by Crippen LogP contribution is 2.15. The Morgan fingerprint density at radius 1 is 1.35 bits per heavy atom. The fourth-order valence-electron chi connectivity index (χ4n) is 1.58. The Bertz CT molecular complexity index is 324. The number of carbonyl (C=O) groups is 1. The van der Waals surface area contributed by atoms with Crippen molar-refractivity contribution in [3.63, 3.8) is 0 Å². The van der Waals surface area contributed by atoms with Crippen LogP contribution in [-0.4, -0.2) is 40.0 Å². The van der Waals surface area contributed by atoms with Crippen molar-refractivity contribution >= 4 is 15.3 Å². The van der Waals surface area contributed by atoms with E-state index >= 15 is 0 Å². The minimum absolute atomic E-state index is 0.303. The molecule has 6 heteroatoms. The normalized spacial score (nSPS) is 16.4. The number of carbonyl (C=O) groups excluding carboxylic acids is 1. The number of esters is 1. The van der Waals surface area contributed by atoms with Crippen LogP contribution in [0.2, 0.25) is 0 Å². The fourth-order valence-corrected chi connectivity index (χ4v) is 3.22. The van der Waals surface area contributed by atoms with Gasteiger partial charge in [0, 0.05) is 12.7 Å². The van der Waals surface area contributed by atoms with Gasteiger partial charge in [0.25, 0.3) is 0 Å². The maximum absolute atomic E-state index is 11.6. The summed E-state index contributed by atoms with van der Waals surface area (Å²) in [5.41, 5.74) is -0.302. The third-order valence-corrected chi connectivity index (χ3v) is 4.72. The van der Waals surface area contributed by atoms with Crippen molar-refractivity contribution in [3.05, 3.63) is 12.2 Å². The molecule has 0 spiro atoms. The highest BCUT2D eigenvalue weighted by molar-refractivity contribution is 6.46. The summed E-state index contributed by atoms with van der Waals surface area (Å²) in [7, 11) is -0.614. The van der Waals surface area contributed by atoms with Crippen LogP contribution in [0.1, 0.15) is 48.0 Å². The summed E-state index contributed by atoms with van der Waals surface area (Å²) < 4.78 is 22.3. The first kappa shape index (κ1) is 19.3. The van der Waals surface area contributed by atoms with E-state index in [1.165, 1.54) is 0 Å². The molecule has 0 amide bonds. The second kappa shape index (κ2) is 8.56. The highest BCUT2D eigenvalue weighted by Gasteiger charge is 2.31. The van der Waals surface area contributed by atoms with E-state index in [1.54, 1.807) is 14.0 Å². The Hall–Kier alpha value is -0.693. The largest absolute Gasteiger partial charge is 0.457 e. The minimum atomic E-state index is -2.18. The average Bonchev–Trinajstić information content (AvgIpc) is 2.30. The summed E-state index contributed by atoms with van der Waals surface area (Å²) in [6, 6.07) is 0. The molecule has 0 aliphatic carbocycles. The molecule has 0 saturated carbocycles. The van der Waals surface area contributed by atoms with Gasteiger partial charge >= 0.3 is 15.3 Å². The van der Waals surface area contributed by atoms with Crippen LogP contribution in [0.5, 0.6) is 0 Å². The third kappa shape index (κ3) is 7.79. The Morgan fingerprint density at radius 3 is 2.25 bits per heavy atom. The zero-order valence-electron chi connectivity index (χ0n) is 13.7. The predicted octanol–water partition coefficient (Wildman–Crippen LogP) is 2.47. The number of rotatable bonds is 8. The van der Waals surface area contributed by atoms with E-state index in [0.29, 0.717) is 12.0 Å². The lowest BCUT2D eigenvalue weighted by Gasteiger charge is -2.30. The van der Waals surface area contributed by atoms with Gasteiger partial charge in [-0.15, -0.1) is 0 Å². The van der Waals surface area contributed by atoms with Crippen molar-refractivity contribution in [2.75, 3.05) is 7.11 Å². The molecule has 0 N–H and O–H groups in total. The Morgan fingerprint density at radius 2 is 1.90 bits per heavy atom. The zero-order valence-corrected chi connectivity index (χ0v) is 14.8. The van der Waals surface area contributed by atoms with Gasteiger partial charge in [0.05, 0.1) is 5.60 Å². The lowest BCUT2D eigenvalue weighted by Crippen LogP contribution is -2.43. The molecule has 5 nitrogen and oxygen atoms in total. The third-order valence-electron chi connectivity index (χ3n) is 2.39. The van der Waals surface area contributed by atoms with Gasteiger partial charge in [0.2, 0.25) is 0 Å². The first-order chi connectivity index (χ1) is 9.10. The van der Waals surface area contributed by atoms with Gasteiger partial charge in [-0.2, -0.15) is 0 Å². The molecule has 0 saturated heterocycles. The molecule has 0 aliphatic heterocycles. The highest BCUT2D eigenvalue weighted by atomic mass is 28.3. The first-order valence-corrected chi connectivity index (χ1v) is 8.44. The molecule has 0 radical (unpaired) electrons. The molecule has 3 atom stereocenters. The second-order valence-electron chi connectivity index (χ2n) is 5.67. The Kier molecular flexibility index (Phi) is 8.27. The van der Waals surface area contributed by atoms with Crippen LogP contribution in [0.3, 0.4) is 0 Å².